The third kappa shape index (κ3) is 4.18. The van der Waals surface area contributed by atoms with Crippen molar-refractivity contribution in [2.75, 3.05) is 5.32 Å². The highest BCUT2D eigenvalue weighted by Crippen LogP contribution is 2.33. The van der Waals surface area contributed by atoms with Crippen molar-refractivity contribution in [2.24, 2.45) is 0 Å². The van der Waals surface area contributed by atoms with Gasteiger partial charge < -0.3 is 10.1 Å². The highest BCUT2D eigenvalue weighted by atomic mass is 35.5. The minimum atomic E-state index is -0.587. The van der Waals surface area contributed by atoms with E-state index in [1.54, 1.807) is 30.5 Å². The molecule has 0 aliphatic carbocycles. The van der Waals surface area contributed by atoms with Gasteiger partial charge in [0.1, 0.15) is 12.1 Å². The van der Waals surface area contributed by atoms with Crippen LogP contribution in [0.25, 0.3) is 0 Å². The van der Waals surface area contributed by atoms with Crippen LogP contribution in [0.15, 0.2) is 55.1 Å². The zero-order valence-corrected chi connectivity index (χ0v) is 13.6. The van der Waals surface area contributed by atoms with E-state index in [2.05, 4.69) is 20.3 Å². The summed E-state index contributed by atoms with van der Waals surface area (Å²) in [5.74, 6) is 0.244. The minimum Gasteiger partial charge on any atom is -0.432 e. The maximum absolute atomic E-state index is 11.5. The summed E-state index contributed by atoms with van der Waals surface area (Å²) >= 11 is 5.84. The molecule has 8 nitrogen and oxygen atoms in total. The van der Waals surface area contributed by atoms with Gasteiger partial charge in [-0.3, -0.25) is 15.1 Å². The second-order valence-electron chi connectivity index (χ2n) is 4.90. The summed E-state index contributed by atoms with van der Waals surface area (Å²) in [4.78, 5) is 22.6. The monoisotopic (exact) mass is 357 g/mol. The lowest BCUT2D eigenvalue weighted by Gasteiger charge is -2.09. The van der Waals surface area contributed by atoms with Crippen LogP contribution >= 0.6 is 11.6 Å². The van der Waals surface area contributed by atoms with Crippen LogP contribution in [0.2, 0.25) is 5.02 Å². The Kier molecular flexibility index (Phi) is 5.00. The molecule has 2 aromatic heterocycles. The predicted octanol–water partition coefficient (Wildman–Crippen LogP) is 3.84. The number of aromatic nitrogens is 3. The lowest BCUT2D eigenvalue weighted by Crippen LogP contribution is -2.07. The summed E-state index contributed by atoms with van der Waals surface area (Å²) in [7, 11) is 0. The van der Waals surface area contributed by atoms with Gasteiger partial charge in [0, 0.05) is 17.8 Å². The lowest BCUT2D eigenvalue weighted by molar-refractivity contribution is -0.385. The summed E-state index contributed by atoms with van der Waals surface area (Å²) in [5.41, 5.74) is 0.548. The fourth-order valence-corrected chi connectivity index (χ4v) is 2.16. The van der Waals surface area contributed by atoms with Crippen molar-refractivity contribution < 1.29 is 9.66 Å². The normalized spacial score (nSPS) is 10.3. The van der Waals surface area contributed by atoms with Crippen LogP contribution in [0.3, 0.4) is 0 Å². The summed E-state index contributed by atoms with van der Waals surface area (Å²) in [5, 5.41) is 15.0. The first kappa shape index (κ1) is 16.6. The molecule has 0 saturated heterocycles. The van der Waals surface area contributed by atoms with Crippen molar-refractivity contribution in [1.82, 2.24) is 15.0 Å². The number of pyridine rings is 1. The Balaban J connectivity index is 1.84. The number of halogens is 1. The minimum absolute atomic E-state index is 0.0637. The molecule has 0 unspecified atom stereocenters. The molecule has 0 bridgehead atoms. The summed E-state index contributed by atoms with van der Waals surface area (Å²) in [6, 6.07) is 10.4. The van der Waals surface area contributed by atoms with Gasteiger partial charge >= 0.3 is 11.6 Å². The quantitative estimate of drug-likeness (QED) is 0.528. The second kappa shape index (κ2) is 7.54. The smallest absolute Gasteiger partial charge is 0.373 e. The number of ether oxygens (including phenoxy) is 1. The van der Waals surface area contributed by atoms with Crippen molar-refractivity contribution in [3.8, 4) is 11.6 Å². The van der Waals surface area contributed by atoms with E-state index < -0.39 is 4.92 Å². The number of benzene rings is 1. The van der Waals surface area contributed by atoms with Crippen LogP contribution in [0.4, 0.5) is 11.5 Å². The molecule has 25 heavy (non-hydrogen) atoms. The molecule has 0 spiro atoms. The molecule has 0 radical (unpaired) electrons. The SMILES string of the molecule is O=[N+]([O-])c1c(NCc2ccc(Cl)cc2)ncnc1Oc1cccnc1. The van der Waals surface area contributed by atoms with Crippen LogP contribution in [0.1, 0.15) is 5.56 Å². The first-order chi connectivity index (χ1) is 12.1. The predicted molar refractivity (Wildman–Crippen MR) is 91.8 cm³/mol. The largest absolute Gasteiger partial charge is 0.432 e. The van der Waals surface area contributed by atoms with E-state index in [-0.39, 0.29) is 17.4 Å². The zero-order valence-electron chi connectivity index (χ0n) is 12.8. The molecule has 3 aromatic rings. The fourth-order valence-electron chi connectivity index (χ4n) is 2.04. The zero-order chi connectivity index (χ0) is 17.6. The highest BCUT2D eigenvalue weighted by molar-refractivity contribution is 6.30. The van der Waals surface area contributed by atoms with Gasteiger partial charge in [0.25, 0.3) is 0 Å². The van der Waals surface area contributed by atoms with Gasteiger partial charge in [0.05, 0.1) is 11.1 Å². The van der Waals surface area contributed by atoms with Crippen molar-refractivity contribution in [3.05, 3.63) is 75.8 Å². The van der Waals surface area contributed by atoms with E-state index in [9.17, 15) is 10.1 Å². The van der Waals surface area contributed by atoms with E-state index in [0.29, 0.717) is 17.3 Å². The third-order valence-electron chi connectivity index (χ3n) is 3.19. The summed E-state index contributed by atoms with van der Waals surface area (Å²) in [6.07, 6.45) is 4.20. The van der Waals surface area contributed by atoms with Gasteiger partial charge in [-0.25, -0.2) is 4.98 Å². The molecular weight excluding hydrogens is 346 g/mol. The van der Waals surface area contributed by atoms with E-state index >= 15 is 0 Å². The molecule has 0 fully saturated rings. The Morgan fingerprint density at radius 3 is 2.68 bits per heavy atom. The molecule has 126 valence electrons. The van der Waals surface area contributed by atoms with Gasteiger partial charge in [-0.1, -0.05) is 23.7 Å². The Morgan fingerprint density at radius 1 is 1.20 bits per heavy atom. The first-order valence-electron chi connectivity index (χ1n) is 7.19. The van der Waals surface area contributed by atoms with Crippen LogP contribution in [0, 0.1) is 10.1 Å². The van der Waals surface area contributed by atoms with E-state index in [1.807, 2.05) is 12.1 Å². The van der Waals surface area contributed by atoms with Crippen LogP contribution < -0.4 is 10.1 Å². The Morgan fingerprint density at radius 2 is 2.00 bits per heavy atom. The van der Waals surface area contributed by atoms with E-state index in [0.717, 1.165) is 5.56 Å². The average Bonchev–Trinajstić information content (AvgIpc) is 2.62. The average molecular weight is 358 g/mol. The van der Waals surface area contributed by atoms with Crippen LogP contribution in [-0.2, 0) is 6.54 Å². The molecule has 1 N–H and O–H groups in total. The molecule has 0 saturated carbocycles. The third-order valence-corrected chi connectivity index (χ3v) is 3.45. The standard InChI is InChI=1S/C16H12ClN5O3/c17-12-5-3-11(4-6-12)8-19-15-14(22(23)24)16(21-10-20-15)25-13-2-1-7-18-9-13/h1-7,9-10H,8H2,(H,19,20,21). The van der Waals surface area contributed by atoms with Gasteiger partial charge in [-0.15, -0.1) is 0 Å². The number of hydrogen-bond acceptors (Lipinski definition) is 7. The van der Waals surface area contributed by atoms with E-state index in [1.165, 1.54) is 12.5 Å². The lowest BCUT2D eigenvalue weighted by atomic mass is 10.2. The van der Waals surface area contributed by atoms with Crippen LogP contribution in [-0.4, -0.2) is 19.9 Å². The summed E-state index contributed by atoms with van der Waals surface area (Å²) in [6.45, 7) is 0.335. The maximum atomic E-state index is 11.5. The van der Waals surface area contributed by atoms with Gasteiger partial charge in [0.15, 0.2) is 0 Å². The maximum Gasteiger partial charge on any atom is 0.373 e. The molecule has 3 rings (SSSR count). The van der Waals surface area contributed by atoms with Crippen molar-refractivity contribution in [2.45, 2.75) is 6.54 Å². The van der Waals surface area contributed by atoms with Crippen LogP contribution in [0.5, 0.6) is 11.6 Å². The number of anilines is 1. The number of hydrogen-bond donors (Lipinski definition) is 1. The Hall–Kier alpha value is -3.26. The van der Waals surface area contributed by atoms with Crippen molar-refractivity contribution in [3.63, 3.8) is 0 Å². The van der Waals surface area contributed by atoms with Crippen molar-refractivity contribution in [1.29, 1.82) is 0 Å². The topological polar surface area (TPSA) is 103 Å². The Labute approximate surface area is 147 Å². The fraction of sp³-hybridized carbons (Fsp3) is 0.0625. The highest BCUT2D eigenvalue weighted by Gasteiger charge is 2.25. The molecule has 2 heterocycles. The van der Waals surface area contributed by atoms with Crippen molar-refractivity contribution >= 4 is 23.1 Å². The first-order valence-corrected chi connectivity index (χ1v) is 7.57. The van der Waals surface area contributed by atoms with Gasteiger partial charge in [0.2, 0.25) is 5.82 Å². The van der Waals surface area contributed by atoms with Gasteiger partial charge in [-0.05, 0) is 29.8 Å². The molecule has 0 aliphatic heterocycles. The second-order valence-corrected chi connectivity index (χ2v) is 5.34. The molecule has 0 atom stereocenters. The number of nitro groups is 1. The molecule has 9 heteroatoms. The Bertz CT molecular complexity index is 875. The summed E-state index contributed by atoms with van der Waals surface area (Å²) < 4.78 is 5.47. The molecule has 0 aliphatic rings. The molecule has 0 amide bonds. The molecule has 1 aromatic carbocycles. The number of nitrogens with zero attached hydrogens (tertiary/aromatic N) is 4. The van der Waals surface area contributed by atoms with Gasteiger partial charge in [-0.2, -0.15) is 4.98 Å². The number of nitrogens with one attached hydrogen (secondary N) is 1. The molecular formula is C16H12ClN5O3. The number of rotatable bonds is 6. The van der Waals surface area contributed by atoms with E-state index in [4.69, 9.17) is 16.3 Å².